The molecule has 0 aliphatic carbocycles. The third-order valence-electron chi connectivity index (χ3n) is 6.03. The summed E-state index contributed by atoms with van der Waals surface area (Å²) >= 11 is 0. The molecule has 1 aliphatic rings. The average Bonchev–Trinajstić information content (AvgIpc) is 3.20. The van der Waals surface area contributed by atoms with Gasteiger partial charge in [-0.15, -0.1) is 0 Å². The number of guanidine groups is 1. The molecule has 1 unspecified atom stereocenters. The Labute approximate surface area is 196 Å². The minimum Gasteiger partial charge on any atom is -0.379 e. The van der Waals surface area contributed by atoms with E-state index >= 15 is 0 Å². The van der Waals surface area contributed by atoms with Crippen LogP contribution in [0.1, 0.15) is 28.6 Å². The van der Waals surface area contributed by atoms with Gasteiger partial charge in [0.05, 0.1) is 30.6 Å². The highest BCUT2D eigenvalue weighted by Gasteiger charge is 2.22. The van der Waals surface area contributed by atoms with Crippen LogP contribution in [-0.2, 0) is 11.3 Å². The summed E-state index contributed by atoms with van der Waals surface area (Å²) in [5, 5.41) is 11.7. The number of benzene rings is 2. The molecule has 2 N–H and O–H groups in total. The average molecular weight is 447 g/mol. The molecule has 0 bridgehead atoms. The second-order valence-electron chi connectivity index (χ2n) is 8.35. The molecule has 0 amide bonds. The number of morpholine rings is 1. The predicted molar refractivity (Wildman–Crippen MR) is 133 cm³/mol. The van der Waals surface area contributed by atoms with E-state index in [1.807, 2.05) is 18.7 Å². The molecule has 2 heterocycles. The second kappa shape index (κ2) is 11.1. The van der Waals surface area contributed by atoms with E-state index in [9.17, 15) is 0 Å². The minimum absolute atomic E-state index is 0.260. The van der Waals surface area contributed by atoms with Crippen molar-refractivity contribution in [3.05, 3.63) is 83.2 Å². The summed E-state index contributed by atoms with van der Waals surface area (Å²) in [6, 6.07) is 21.4. The number of para-hydroxylation sites is 1. The Morgan fingerprint density at radius 1 is 1.03 bits per heavy atom. The zero-order valence-electron chi connectivity index (χ0n) is 19.8. The van der Waals surface area contributed by atoms with E-state index in [2.05, 4.69) is 93.2 Å². The molecule has 33 heavy (non-hydrogen) atoms. The third kappa shape index (κ3) is 5.80. The standard InChI is InChI=1S/C26H34N6O/c1-20-17-21(2)32(30-20)24-12-8-7-11-23(24)18-28-26(27-3)29-19-25(22-9-5-4-6-10-22)31-13-15-33-16-14-31/h4-12,17,25H,13-16,18-19H2,1-3H3,(H2,27,28,29). The predicted octanol–water partition coefficient (Wildman–Crippen LogP) is 3.23. The Balaban J connectivity index is 1.43. The van der Waals surface area contributed by atoms with Crippen LogP contribution in [0.2, 0.25) is 0 Å². The van der Waals surface area contributed by atoms with E-state index in [0.717, 1.165) is 55.9 Å². The third-order valence-corrected chi connectivity index (χ3v) is 6.03. The van der Waals surface area contributed by atoms with Crippen molar-refractivity contribution in [2.24, 2.45) is 4.99 Å². The summed E-state index contributed by atoms with van der Waals surface area (Å²) < 4.78 is 7.58. The van der Waals surface area contributed by atoms with Crippen molar-refractivity contribution in [2.75, 3.05) is 39.9 Å². The number of nitrogens with one attached hydrogen (secondary N) is 2. The number of aryl methyl sites for hydroxylation is 2. The maximum absolute atomic E-state index is 5.57. The lowest BCUT2D eigenvalue weighted by Gasteiger charge is -2.35. The number of nitrogens with zero attached hydrogens (tertiary/aromatic N) is 4. The van der Waals surface area contributed by atoms with Gasteiger partial charge in [0.2, 0.25) is 0 Å². The molecular weight excluding hydrogens is 412 g/mol. The highest BCUT2D eigenvalue weighted by Crippen LogP contribution is 2.21. The summed E-state index contributed by atoms with van der Waals surface area (Å²) in [5.74, 6) is 0.785. The topological polar surface area (TPSA) is 66.7 Å². The Hall–Kier alpha value is -3.16. The molecule has 0 saturated carbocycles. The largest absolute Gasteiger partial charge is 0.379 e. The fourth-order valence-electron chi connectivity index (χ4n) is 4.35. The van der Waals surface area contributed by atoms with Crippen LogP contribution in [0.25, 0.3) is 5.69 Å². The Kier molecular flexibility index (Phi) is 7.75. The highest BCUT2D eigenvalue weighted by atomic mass is 16.5. The van der Waals surface area contributed by atoms with Gasteiger partial charge >= 0.3 is 0 Å². The maximum atomic E-state index is 5.57. The summed E-state index contributed by atoms with van der Waals surface area (Å²) in [6.07, 6.45) is 0. The van der Waals surface area contributed by atoms with Crippen molar-refractivity contribution in [3.8, 4) is 5.69 Å². The van der Waals surface area contributed by atoms with Gasteiger partial charge in [0.1, 0.15) is 0 Å². The van der Waals surface area contributed by atoms with Gasteiger partial charge in [-0.1, -0.05) is 48.5 Å². The van der Waals surface area contributed by atoms with Gasteiger partial charge < -0.3 is 15.4 Å². The first-order chi connectivity index (χ1) is 16.2. The van der Waals surface area contributed by atoms with Crippen LogP contribution >= 0.6 is 0 Å². The fraction of sp³-hybridized carbons (Fsp3) is 0.385. The molecule has 1 aromatic heterocycles. The van der Waals surface area contributed by atoms with Crippen LogP contribution in [0.3, 0.4) is 0 Å². The number of hydrogen-bond donors (Lipinski definition) is 2. The van der Waals surface area contributed by atoms with Gasteiger partial charge in [-0.25, -0.2) is 4.68 Å². The van der Waals surface area contributed by atoms with Crippen molar-refractivity contribution in [1.82, 2.24) is 25.3 Å². The normalized spacial score (nSPS) is 15.9. The number of aliphatic imine (C=N–C) groups is 1. The first-order valence-corrected chi connectivity index (χ1v) is 11.6. The summed E-state index contributed by atoms with van der Waals surface area (Å²) in [4.78, 5) is 6.95. The lowest BCUT2D eigenvalue weighted by atomic mass is 10.0. The molecule has 1 aliphatic heterocycles. The molecule has 1 fully saturated rings. The highest BCUT2D eigenvalue weighted by molar-refractivity contribution is 5.79. The van der Waals surface area contributed by atoms with E-state index < -0.39 is 0 Å². The van der Waals surface area contributed by atoms with Crippen molar-refractivity contribution in [2.45, 2.75) is 26.4 Å². The van der Waals surface area contributed by atoms with E-state index in [4.69, 9.17) is 4.74 Å². The summed E-state index contributed by atoms with van der Waals surface area (Å²) in [5.41, 5.74) is 5.69. The Morgan fingerprint density at radius 3 is 2.45 bits per heavy atom. The van der Waals surface area contributed by atoms with Crippen LogP contribution in [0.15, 0.2) is 65.7 Å². The Morgan fingerprint density at radius 2 is 1.76 bits per heavy atom. The SMILES string of the molecule is CN=C(NCc1ccccc1-n1nc(C)cc1C)NCC(c1ccccc1)N1CCOCC1. The molecule has 0 spiro atoms. The van der Waals surface area contributed by atoms with Crippen LogP contribution in [0.5, 0.6) is 0 Å². The molecule has 1 saturated heterocycles. The summed E-state index contributed by atoms with van der Waals surface area (Å²) in [6.45, 7) is 8.95. The molecule has 0 radical (unpaired) electrons. The fourth-order valence-corrected chi connectivity index (χ4v) is 4.35. The molecule has 3 aromatic rings. The number of aromatic nitrogens is 2. The van der Waals surface area contributed by atoms with Crippen LogP contribution in [-0.4, -0.2) is 60.5 Å². The number of ether oxygens (including phenoxy) is 1. The van der Waals surface area contributed by atoms with Crippen molar-refractivity contribution in [3.63, 3.8) is 0 Å². The second-order valence-corrected chi connectivity index (χ2v) is 8.35. The van der Waals surface area contributed by atoms with Crippen molar-refractivity contribution < 1.29 is 4.74 Å². The lowest BCUT2D eigenvalue weighted by Crippen LogP contribution is -2.46. The molecule has 174 valence electrons. The zero-order valence-corrected chi connectivity index (χ0v) is 19.8. The molecular formula is C26H34N6O. The summed E-state index contributed by atoms with van der Waals surface area (Å²) in [7, 11) is 1.81. The van der Waals surface area contributed by atoms with Gasteiger partial charge in [0, 0.05) is 38.9 Å². The zero-order chi connectivity index (χ0) is 23.0. The van der Waals surface area contributed by atoms with Crippen LogP contribution in [0.4, 0.5) is 0 Å². The first-order valence-electron chi connectivity index (χ1n) is 11.6. The lowest BCUT2D eigenvalue weighted by molar-refractivity contribution is 0.0170. The van der Waals surface area contributed by atoms with Gasteiger partial charge in [0.15, 0.2) is 5.96 Å². The van der Waals surface area contributed by atoms with Crippen molar-refractivity contribution in [1.29, 1.82) is 0 Å². The molecule has 1 atom stereocenters. The minimum atomic E-state index is 0.260. The molecule has 2 aromatic carbocycles. The smallest absolute Gasteiger partial charge is 0.191 e. The van der Waals surface area contributed by atoms with Gasteiger partial charge in [-0.05, 0) is 37.1 Å². The number of rotatable bonds is 7. The van der Waals surface area contributed by atoms with Crippen molar-refractivity contribution >= 4 is 5.96 Å². The van der Waals surface area contributed by atoms with E-state index in [-0.39, 0.29) is 6.04 Å². The van der Waals surface area contributed by atoms with E-state index in [1.165, 1.54) is 11.1 Å². The van der Waals surface area contributed by atoms with Gasteiger partial charge in [-0.3, -0.25) is 9.89 Å². The molecule has 7 heteroatoms. The van der Waals surface area contributed by atoms with E-state index in [0.29, 0.717) is 6.54 Å². The monoisotopic (exact) mass is 446 g/mol. The van der Waals surface area contributed by atoms with E-state index in [1.54, 1.807) is 0 Å². The van der Waals surface area contributed by atoms with Crippen LogP contribution in [0, 0.1) is 13.8 Å². The molecule has 7 nitrogen and oxygen atoms in total. The quantitative estimate of drug-likeness (QED) is 0.431. The van der Waals surface area contributed by atoms with Crippen LogP contribution < -0.4 is 10.6 Å². The Bertz CT molecular complexity index is 1060. The number of hydrogen-bond acceptors (Lipinski definition) is 4. The van der Waals surface area contributed by atoms with Gasteiger partial charge in [0.25, 0.3) is 0 Å². The first kappa shape index (κ1) is 23.0. The maximum Gasteiger partial charge on any atom is 0.191 e. The van der Waals surface area contributed by atoms with Gasteiger partial charge in [-0.2, -0.15) is 5.10 Å². The molecule has 4 rings (SSSR count).